The van der Waals surface area contributed by atoms with E-state index in [0.29, 0.717) is 0 Å². The Labute approximate surface area is 290 Å². The van der Waals surface area contributed by atoms with Crippen molar-refractivity contribution < 1.29 is 4.74 Å². The molecule has 0 spiro atoms. The maximum Gasteiger partial charge on any atom is 0.221 e. The first-order valence-electron chi connectivity index (χ1n) is 17.1. The number of nitrogens with zero attached hydrogens (tertiary/aromatic N) is 6. The first kappa shape index (κ1) is 30.1. The van der Waals surface area contributed by atoms with Gasteiger partial charge in [-0.2, -0.15) is 0 Å². The number of imidazole rings is 2. The summed E-state index contributed by atoms with van der Waals surface area (Å²) in [6, 6.07) is 37.9. The Morgan fingerprint density at radius 1 is 0.560 bits per heavy atom. The zero-order valence-electron chi connectivity index (χ0n) is 29.1. The van der Waals surface area contributed by atoms with Crippen LogP contribution in [0.3, 0.4) is 0 Å². The van der Waals surface area contributed by atoms with E-state index in [2.05, 4.69) is 152 Å². The summed E-state index contributed by atoms with van der Waals surface area (Å²) in [7, 11) is 0. The highest BCUT2D eigenvalue weighted by molar-refractivity contribution is 6.09. The van der Waals surface area contributed by atoms with Gasteiger partial charge in [-0.05, 0) is 82.6 Å². The number of pyridine rings is 2. The molecule has 4 aromatic carbocycles. The van der Waals surface area contributed by atoms with Crippen molar-refractivity contribution in [2.45, 2.75) is 52.4 Å². The summed E-state index contributed by atoms with van der Waals surface area (Å²) in [5, 5.41) is 2.33. The molecule has 246 valence electrons. The molecule has 7 nitrogen and oxygen atoms in total. The van der Waals surface area contributed by atoms with Crippen molar-refractivity contribution in [3.05, 3.63) is 133 Å². The van der Waals surface area contributed by atoms with E-state index in [9.17, 15) is 0 Å². The quantitative estimate of drug-likeness (QED) is 0.189. The van der Waals surface area contributed by atoms with Gasteiger partial charge >= 0.3 is 0 Å². The number of benzene rings is 4. The van der Waals surface area contributed by atoms with E-state index in [4.69, 9.17) is 19.7 Å². The molecular weight excluding hydrogens is 617 g/mol. The van der Waals surface area contributed by atoms with Crippen molar-refractivity contribution in [2.75, 3.05) is 0 Å². The first-order valence-corrected chi connectivity index (χ1v) is 17.1. The van der Waals surface area contributed by atoms with Gasteiger partial charge in [0.1, 0.15) is 22.8 Å². The average molecular weight is 655 g/mol. The molecule has 9 aromatic rings. The summed E-state index contributed by atoms with van der Waals surface area (Å²) >= 11 is 0. The van der Waals surface area contributed by atoms with Crippen molar-refractivity contribution in [1.29, 1.82) is 0 Å². The molecule has 50 heavy (non-hydrogen) atoms. The van der Waals surface area contributed by atoms with Crippen molar-refractivity contribution in [3.63, 3.8) is 0 Å². The highest BCUT2D eigenvalue weighted by atomic mass is 16.5. The zero-order valence-corrected chi connectivity index (χ0v) is 29.1. The minimum absolute atomic E-state index is 0.000785. The van der Waals surface area contributed by atoms with E-state index >= 15 is 0 Å². The van der Waals surface area contributed by atoms with Gasteiger partial charge in [0.15, 0.2) is 5.65 Å². The second-order valence-corrected chi connectivity index (χ2v) is 15.2. The van der Waals surface area contributed by atoms with Crippen LogP contribution >= 0.6 is 0 Å². The topological polar surface area (TPSA) is 62.2 Å². The van der Waals surface area contributed by atoms with Crippen LogP contribution in [0.1, 0.15) is 52.7 Å². The lowest BCUT2D eigenvalue weighted by Crippen LogP contribution is -2.12. The Morgan fingerprint density at radius 3 is 2.04 bits per heavy atom. The highest BCUT2D eigenvalue weighted by Crippen LogP contribution is 2.37. The van der Waals surface area contributed by atoms with Gasteiger partial charge in [-0.1, -0.05) is 77.9 Å². The van der Waals surface area contributed by atoms with Crippen LogP contribution in [-0.4, -0.2) is 28.5 Å². The van der Waals surface area contributed by atoms with Gasteiger partial charge in [0.05, 0.1) is 22.1 Å². The molecule has 0 fully saturated rings. The summed E-state index contributed by atoms with van der Waals surface area (Å²) in [6.45, 7) is 13.3. The van der Waals surface area contributed by atoms with E-state index < -0.39 is 0 Å². The smallest absolute Gasteiger partial charge is 0.221 e. The van der Waals surface area contributed by atoms with E-state index in [-0.39, 0.29) is 10.8 Å². The van der Waals surface area contributed by atoms with Gasteiger partial charge in [-0.25, -0.2) is 15.0 Å². The molecule has 9 rings (SSSR count). The molecule has 0 aliphatic heterocycles. The molecule has 0 aliphatic carbocycles. The Balaban J connectivity index is 1.21. The summed E-state index contributed by atoms with van der Waals surface area (Å²) in [5.74, 6) is 3.18. The van der Waals surface area contributed by atoms with Crippen LogP contribution in [0.2, 0.25) is 0 Å². The third-order valence-corrected chi connectivity index (χ3v) is 9.71. The maximum atomic E-state index is 6.68. The van der Waals surface area contributed by atoms with Crippen LogP contribution in [-0.2, 0) is 10.8 Å². The summed E-state index contributed by atoms with van der Waals surface area (Å²) in [4.78, 5) is 14.9. The summed E-state index contributed by atoms with van der Waals surface area (Å²) in [5.41, 5.74) is 9.22. The van der Waals surface area contributed by atoms with Crippen molar-refractivity contribution in [2.24, 2.45) is 0 Å². The number of rotatable bonds is 4. The van der Waals surface area contributed by atoms with Gasteiger partial charge in [0, 0.05) is 41.0 Å². The molecule has 7 heteroatoms. The van der Waals surface area contributed by atoms with Crippen LogP contribution in [0.25, 0.3) is 61.3 Å². The Bertz CT molecular complexity index is 2750. The molecule has 0 bridgehead atoms. The maximum absolute atomic E-state index is 6.68. The lowest BCUT2D eigenvalue weighted by molar-refractivity contribution is 0.484. The van der Waals surface area contributed by atoms with Crippen molar-refractivity contribution >= 4 is 49.8 Å². The summed E-state index contributed by atoms with van der Waals surface area (Å²) < 4.78 is 13.3. The monoisotopic (exact) mass is 654 g/mol. The lowest BCUT2D eigenvalue weighted by Gasteiger charge is -2.20. The lowest BCUT2D eigenvalue weighted by atomic mass is 9.88. The van der Waals surface area contributed by atoms with Gasteiger partial charge in [-0.15, -0.1) is 0 Å². The van der Waals surface area contributed by atoms with Gasteiger partial charge in [0.25, 0.3) is 0 Å². The van der Waals surface area contributed by atoms with Crippen LogP contribution in [0.4, 0.5) is 0 Å². The highest BCUT2D eigenvalue weighted by Gasteiger charge is 2.22. The Kier molecular flexibility index (Phi) is 6.49. The second kappa shape index (κ2) is 10.8. The molecule has 0 N–H and O–H groups in total. The molecular formula is C43H38N6O. The standard InChI is InChI=1S/C43H38N6O/c1-42(2,3)27-20-21-44-39(23-27)48-35-15-11-10-14-32(35)33-18-16-30(24-37(33)48)50-31-17-19-36-38(25-31)49-40-34(22-28(26-45-40)43(4,5)6)46-41(49)47(36)29-12-8-7-9-13-29/h7-26H,1-6H3. The molecule has 5 heterocycles. The van der Waals surface area contributed by atoms with Crippen LogP contribution in [0, 0.1) is 0 Å². The minimum Gasteiger partial charge on any atom is -0.457 e. The summed E-state index contributed by atoms with van der Waals surface area (Å²) in [6.07, 6.45) is 3.88. The molecule has 0 amide bonds. The van der Waals surface area contributed by atoms with E-state index in [1.807, 2.05) is 24.5 Å². The fourth-order valence-corrected chi connectivity index (χ4v) is 7.01. The molecule has 0 saturated heterocycles. The molecule has 0 aliphatic rings. The second-order valence-electron chi connectivity index (χ2n) is 15.2. The Morgan fingerprint density at radius 2 is 1.26 bits per heavy atom. The SMILES string of the molecule is CC(C)(C)c1ccnc(-n2c3ccccc3c3ccc(Oc4ccc5c(c4)n4c6ncc(C(C)(C)C)cc6nc4n5-c4ccccc4)cc32)c1. The van der Waals surface area contributed by atoms with Crippen LogP contribution in [0.15, 0.2) is 122 Å². The van der Waals surface area contributed by atoms with Gasteiger partial charge < -0.3 is 4.74 Å². The third-order valence-electron chi connectivity index (χ3n) is 9.71. The number of hydrogen-bond donors (Lipinski definition) is 0. The number of para-hydroxylation sites is 2. The predicted molar refractivity (Wildman–Crippen MR) is 203 cm³/mol. The van der Waals surface area contributed by atoms with Gasteiger partial charge in [0.2, 0.25) is 5.78 Å². The predicted octanol–water partition coefficient (Wildman–Crippen LogP) is 10.7. The molecule has 5 aromatic heterocycles. The van der Waals surface area contributed by atoms with Crippen molar-refractivity contribution in [1.82, 2.24) is 28.5 Å². The number of fused-ring (bicyclic) bond motifs is 8. The van der Waals surface area contributed by atoms with Gasteiger partial charge in [-0.3, -0.25) is 13.5 Å². The minimum atomic E-state index is -0.0362. The normalized spacial score (nSPS) is 12.6. The molecule has 0 radical (unpaired) electrons. The Hall–Kier alpha value is -5.95. The van der Waals surface area contributed by atoms with E-state index in [1.54, 1.807) is 0 Å². The van der Waals surface area contributed by atoms with Crippen LogP contribution in [0.5, 0.6) is 11.5 Å². The van der Waals surface area contributed by atoms with E-state index in [1.165, 1.54) is 10.9 Å². The third kappa shape index (κ3) is 4.76. The number of hydrogen-bond acceptors (Lipinski definition) is 4. The molecule has 0 unspecified atom stereocenters. The fraction of sp³-hybridized carbons (Fsp3) is 0.186. The number of aromatic nitrogens is 6. The van der Waals surface area contributed by atoms with Crippen molar-refractivity contribution in [3.8, 4) is 23.0 Å². The zero-order chi connectivity index (χ0) is 34.4. The molecule has 0 atom stereocenters. The molecule has 0 saturated carbocycles. The first-order chi connectivity index (χ1) is 24.0. The van der Waals surface area contributed by atoms with Crippen LogP contribution < -0.4 is 4.74 Å². The average Bonchev–Trinajstić information content (AvgIpc) is 3.74. The largest absolute Gasteiger partial charge is 0.457 e. The van der Waals surface area contributed by atoms with E-state index in [0.717, 1.165) is 73.0 Å². The number of ether oxygens (including phenoxy) is 1. The fourth-order valence-electron chi connectivity index (χ4n) is 7.01.